The molecular formula is AgAuCuHf. The van der Waals surface area contributed by atoms with Gasteiger partial charge in [0.25, 0.3) is 0 Å². The van der Waals surface area contributed by atoms with E-state index in [-0.39, 0.29) is 87.7 Å². The average Bonchev–Trinajstić information content (AvgIpc) is 0. The minimum Gasteiger partial charge on any atom is 0 e. The van der Waals surface area contributed by atoms with Crippen molar-refractivity contribution >= 4 is 0 Å². The SMILES string of the molecule is [Ag].[Au].[Cu].[Hf]. The van der Waals surface area contributed by atoms with Crippen molar-refractivity contribution in [3.8, 4) is 0 Å². The van der Waals surface area contributed by atoms with Crippen molar-refractivity contribution in [2.45, 2.75) is 0 Å². The van der Waals surface area contributed by atoms with Crippen LogP contribution in [0.1, 0.15) is 0 Å². The van der Waals surface area contributed by atoms with Gasteiger partial charge < -0.3 is 0 Å². The molecular weight excluding hydrogens is 547 g/mol. The van der Waals surface area contributed by atoms with E-state index in [1.165, 1.54) is 0 Å². The van der Waals surface area contributed by atoms with Crippen LogP contribution in [0.5, 0.6) is 0 Å². The molecule has 0 fully saturated rings. The molecule has 0 spiro atoms. The Kier molecular flexibility index (Phi) is 121. The molecule has 0 aliphatic rings. The van der Waals surface area contributed by atoms with E-state index in [1.54, 1.807) is 0 Å². The third kappa shape index (κ3) is 8.85. The largest absolute Gasteiger partial charge is 0 e. The predicted molar refractivity (Wildman–Crippen MR) is 0 cm³/mol. The van der Waals surface area contributed by atoms with Gasteiger partial charge in [-0.05, 0) is 0 Å². The van der Waals surface area contributed by atoms with Crippen molar-refractivity contribution < 1.29 is 87.7 Å². The van der Waals surface area contributed by atoms with E-state index >= 15 is 0 Å². The molecule has 3 radical (unpaired) electrons. The summed E-state index contributed by atoms with van der Waals surface area (Å²) in [5, 5.41) is 0. The second kappa shape index (κ2) is 16.9. The molecule has 4 heteroatoms. The Labute approximate surface area is 86.1 Å². The normalized spacial score (nSPS) is 0. The van der Waals surface area contributed by atoms with Crippen LogP contribution in [-0.4, -0.2) is 0 Å². The molecule has 0 aliphatic carbocycles. The minimum absolute atomic E-state index is 0. The van der Waals surface area contributed by atoms with E-state index in [4.69, 9.17) is 0 Å². The monoisotopic (exact) mass is 547 g/mol. The summed E-state index contributed by atoms with van der Waals surface area (Å²) in [7, 11) is 0. The maximum absolute atomic E-state index is 0. The molecule has 4 heavy (non-hydrogen) atoms. The summed E-state index contributed by atoms with van der Waals surface area (Å²) in [6.45, 7) is 0. The van der Waals surface area contributed by atoms with Gasteiger partial charge in [-0.3, -0.25) is 0 Å². The van der Waals surface area contributed by atoms with E-state index in [0.717, 1.165) is 0 Å². The first-order chi connectivity index (χ1) is 0. The standard InChI is InChI=1S/Ag.Au.Cu.Hf. The van der Waals surface area contributed by atoms with E-state index in [2.05, 4.69) is 0 Å². The molecule has 0 N–H and O–H groups in total. The second-order valence-corrected chi connectivity index (χ2v) is 0. The Morgan fingerprint density at radius 3 is 1.00 bits per heavy atom. The number of hydrogen-bond donors (Lipinski definition) is 0. The zero-order valence-corrected chi connectivity index (χ0v) is 9.59. The van der Waals surface area contributed by atoms with E-state index in [0.29, 0.717) is 0 Å². The molecule has 0 aliphatic heterocycles. The molecule has 0 atom stereocenters. The fraction of sp³-hybridized carbons (Fsp3) is 0. The average molecular weight is 547 g/mol. The summed E-state index contributed by atoms with van der Waals surface area (Å²) >= 11 is 0. The van der Waals surface area contributed by atoms with Crippen LogP contribution in [0.2, 0.25) is 0 Å². The Balaban J connectivity index is 0. The summed E-state index contributed by atoms with van der Waals surface area (Å²) in [4.78, 5) is 0. The Bertz CT molecular complexity index is 8.00. The van der Waals surface area contributed by atoms with Crippen molar-refractivity contribution in [3.05, 3.63) is 0 Å². The first kappa shape index (κ1) is 28.7. The molecule has 0 rings (SSSR count). The van der Waals surface area contributed by atoms with E-state index in [1.807, 2.05) is 0 Å². The summed E-state index contributed by atoms with van der Waals surface area (Å²) in [6, 6.07) is 0. The number of hydrogen-bond acceptors (Lipinski definition) is 0. The van der Waals surface area contributed by atoms with Gasteiger partial charge in [-0.25, -0.2) is 0 Å². The van der Waals surface area contributed by atoms with Crippen molar-refractivity contribution in [2.24, 2.45) is 0 Å². The van der Waals surface area contributed by atoms with Crippen LogP contribution >= 0.6 is 0 Å². The molecule has 0 aromatic heterocycles. The van der Waals surface area contributed by atoms with Crippen LogP contribution in [0, 0.1) is 0 Å². The van der Waals surface area contributed by atoms with Crippen LogP contribution in [-0.2, 0) is 87.7 Å². The fourth-order valence-corrected chi connectivity index (χ4v) is 0. The molecule has 0 saturated heterocycles. The summed E-state index contributed by atoms with van der Waals surface area (Å²) in [5.74, 6) is 0. The third-order valence-electron chi connectivity index (χ3n) is 0. The van der Waals surface area contributed by atoms with Gasteiger partial charge in [0.2, 0.25) is 0 Å². The van der Waals surface area contributed by atoms with E-state index < -0.39 is 0 Å². The molecule has 0 saturated carbocycles. The van der Waals surface area contributed by atoms with Crippen LogP contribution < -0.4 is 0 Å². The Hall–Kier alpha value is 2.87. The Morgan fingerprint density at radius 2 is 1.00 bits per heavy atom. The van der Waals surface area contributed by atoms with Gasteiger partial charge in [-0.15, -0.1) is 0 Å². The van der Waals surface area contributed by atoms with Gasteiger partial charge in [0, 0.05) is 87.7 Å². The third-order valence-corrected chi connectivity index (χ3v) is 0. The summed E-state index contributed by atoms with van der Waals surface area (Å²) < 4.78 is 0. The maximum Gasteiger partial charge on any atom is 0 e. The molecule has 37 valence electrons. The number of rotatable bonds is 0. The summed E-state index contributed by atoms with van der Waals surface area (Å²) in [5.41, 5.74) is 0. The topological polar surface area (TPSA) is 0 Å². The maximum atomic E-state index is 0. The summed E-state index contributed by atoms with van der Waals surface area (Å²) in [6.07, 6.45) is 0. The second-order valence-electron chi connectivity index (χ2n) is 0. The van der Waals surface area contributed by atoms with Crippen molar-refractivity contribution in [2.75, 3.05) is 0 Å². The smallest absolute Gasteiger partial charge is 0 e. The van der Waals surface area contributed by atoms with Crippen molar-refractivity contribution in [1.29, 1.82) is 0 Å². The van der Waals surface area contributed by atoms with Crippen LogP contribution in [0.4, 0.5) is 0 Å². The molecule has 0 bridgehead atoms. The Morgan fingerprint density at radius 1 is 1.00 bits per heavy atom. The molecule has 0 aromatic carbocycles. The van der Waals surface area contributed by atoms with Crippen molar-refractivity contribution in [1.82, 2.24) is 0 Å². The van der Waals surface area contributed by atoms with Crippen LogP contribution in [0.25, 0.3) is 0 Å². The van der Waals surface area contributed by atoms with Gasteiger partial charge in [0.05, 0.1) is 0 Å². The van der Waals surface area contributed by atoms with Crippen molar-refractivity contribution in [3.63, 3.8) is 0 Å². The van der Waals surface area contributed by atoms with Gasteiger partial charge >= 0.3 is 0 Å². The molecule has 0 amide bonds. The predicted octanol–water partition coefficient (Wildman–Crippen LogP) is -0.0100. The zero-order valence-electron chi connectivity index (χ0n) is 1.40. The van der Waals surface area contributed by atoms with Gasteiger partial charge in [-0.2, -0.15) is 0 Å². The molecule has 0 nitrogen and oxygen atoms in total. The van der Waals surface area contributed by atoms with Gasteiger partial charge in [0.15, 0.2) is 0 Å². The van der Waals surface area contributed by atoms with E-state index in [9.17, 15) is 0 Å². The first-order valence-corrected chi connectivity index (χ1v) is 0. The quantitative estimate of drug-likeness (QED) is 0.375. The van der Waals surface area contributed by atoms with Gasteiger partial charge in [0.1, 0.15) is 0 Å². The molecule has 0 unspecified atom stereocenters. The fourth-order valence-electron chi connectivity index (χ4n) is 0. The first-order valence-electron chi connectivity index (χ1n) is 0. The van der Waals surface area contributed by atoms with Crippen LogP contribution in [0.15, 0.2) is 0 Å². The van der Waals surface area contributed by atoms with Gasteiger partial charge in [-0.1, -0.05) is 0 Å². The van der Waals surface area contributed by atoms with Crippen LogP contribution in [0.3, 0.4) is 0 Å². The minimum atomic E-state index is 0. The molecule has 0 aromatic rings. The molecule has 0 heterocycles. The zero-order chi connectivity index (χ0) is 0.